The Bertz CT molecular complexity index is 1330. The lowest BCUT2D eigenvalue weighted by atomic mass is 10.0. The van der Waals surface area contributed by atoms with Crippen molar-refractivity contribution in [3.05, 3.63) is 101 Å². The predicted molar refractivity (Wildman–Crippen MR) is 150 cm³/mol. The fourth-order valence-electron chi connectivity index (χ4n) is 3.94. The molecule has 0 saturated carbocycles. The van der Waals surface area contributed by atoms with Gasteiger partial charge in [-0.3, -0.25) is 9.59 Å². The quantitative estimate of drug-likeness (QED) is 0.398. The van der Waals surface area contributed by atoms with E-state index in [9.17, 15) is 18.0 Å². The number of rotatable bonds is 10. The molecule has 0 aliphatic heterocycles. The molecule has 0 aliphatic rings. The average molecular weight is 556 g/mol. The molecule has 0 saturated heterocycles. The molecular formula is C29H34ClN3O4S. The van der Waals surface area contributed by atoms with Crippen molar-refractivity contribution >= 4 is 33.4 Å². The summed E-state index contributed by atoms with van der Waals surface area (Å²) in [5.41, 5.74) is 1.18. The first kappa shape index (κ1) is 29.4. The number of carbonyl (C=O) groups is 2. The van der Waals surface area contributed by atoms with Crippen LogP contribution in [-0.4, -0.2) is 54.6 Å². The van der Waals surface area contributed by atoms with E-state index < -0.39 is 34.1 Å². The number of carbonyl (C=O) groups excluding carboxylic acids is 2. The Balaban J connectivity index is 1.97. The number of hydrogen-bond acceptors (Lipinski definition) is 4. The molecule has 0 aliphatic carbocycles. The Morgan fingerprint density at radius 1 is 0.868 bits per heavy atom. The van der Waals surface area contributed by atoms with Gasteiger partial charge in [0.15, 0.2) is 0 Å². The van der Waals surface area contributed by atoms with Crippen LogP contribution in [0.2, 0.25) is 5.02 Å². The van der Waals surface area contributed by atoms with Gasteiger partial charge >= 0.3 is 0 Å². The number of nitrogens with one attached hydrogen (secondary N) is 1. The highest BCUT2D eigenvalue weighted by atomic mass is 35.5. The minimum absolute atomic E-state index is 0.0260. The van der Waals surface area contributed by atoms with Crippen LogP contribution in [0.3, 0.4) is 0 Å². The molecule has 1 atom stereocenters. The number of sulfonamides is 1. The number of hydrogen-bond donors (Lipinski definition) is 1. The fraction of sp³-hybridized carbons (Fsp3) is 0.310. The second kappa shape index (κ2) is 12.6. The molecule has 0 bridgehead atoms. The Morgan fingerprint density at radius 2 is 1.39 bits per heavy atom. The summed E-state index contributed by atoms with van der Waals surface area (Å²) < 4.78 is 27.3. The maximum Gasteiger partial charge on any atom is 0.243 e. The molecule has 3 aromatic carbocycles. The highest BCUT2D eigenvalue weighted by Gasteiger charge is 2.34. The Morgan fingerprint density at radius 3 is 1.92 bits per heavy atom. The number of amides is 2. The van der Waals surface area contributed by atoms with Gasteiger partial charge in [-0.1, -0.05) is 72.3 Å². The highest BCUT2D eigenvalue weighted by Crippen LogP contribution is 2.20. The summed E-state index contributed by atoms with van der Waals surface area (Å²) in [6, 6.07) is 23.7. The summed E-state index contributed by atoms with van der Waals surface area (Å²) in [5.74, 6) is -0.798. The van der Waals surface area contributed by atoms with Crippen molar-refractivity contribution < 1.29 is 18.0 Å². The monoisotopic (exact) mass is 555 g/mol. The molecule has 0 aromatic heterocycles. The Kier molecular flexibility index (Phi) is 9.71. The van der Waals surface area contributed by atoms with Gasteiger partial charge in [0, 0.05) is 30.6 Å². The van der Waals surface area contributed by atoms with Crippen LogP contribution < -0.4 is 5.32 Å². The molecule has 38 heavy (non-hydrogen) atoms. The summed E-state index contributed by atoms with van der Waals surface area (Å²) in [6.45, 7) is 5.33. The van der Waals surface area contributed by atoms with Crippen LogP contribution in [0.5, 0.6) is 0 Å². The van der Waals surface area contributed by atoms with Gasteiger partial charge < -0.3 is 10.2 Å². The Hall–Kier alpha value is -3.20. The number of benzene rings is 3. The molecule has 3 aromatic rings. The van der Waals surface area contributed by atoms with Gasteiger partial charge in [-0.05, 0) is 56.2 Å². The SMILES string of the molecule is CN(CC(=O)N(Cc1ccccc1)[C@@H](Cc1ccccc1)C(=O)NC(C)(C)C)S(=O)(=O)c1ccc(Cl)cc1. The first-order chi connectivity index (χ1) is 17.9. The average Bonchev–Trinajstić information content (AvgIpc) is 2.86. The van der Waals surface area contributed by atoms with Gasteiger partial charge in [0.25, 0.3) is 0 Å². The van der Waals surface area contributed by atoms with E-state index in [0.29, 0.717) is 5.02 Å². The second-order valence-corrected chi connectivity index (χ2v) is 12.6. The zero-order chi connectivity index (χ0) is 27.9. The van der Waals surface area contributed by atoms with Crippen LogP contribution in [0.15, 0.2) is 89.8 Å². The van der Waals surface area contributed by atoms with Crippen LogP contribution in [0.4, 0.5) is 0 Å². The molecule has 7 nitrogen and oxygen atoms in total. The maximum absolute atomic E-state index is 13.8. The van der Waals surface area contributed by atoms with E-state index in [-0.39, 0.29) is 23.8 Å². The second-order valence-electron chi connectivity index (χ2n) is 10.2. The van der Waals surface area contributed by atoms with Crippen LogP contribution in [0.25, 0.3) is 0 Å². The van der Waals surface area contributed by atoms with E-state index in [2.05, 4.69) is 5.32 Å². The standard InChI is InChI=1S/C29H34ClN3O4S/c1-29(2,3)31-28(35)26(19-22-11-7-5-8-12-22)33(20-23-13-9-6-10-14-23)27(34)21-32(4)38(36,37)25-17-15-24(30)16-18-25/h5-18,26H,19-21H2,1-4H3,(H,31,35)/t26-/m0/s1. The first-order valence-corrected chi connectivity index (χ1v) is 14.1. The topological polar surface area (TPSA) is 86.8 Å². The molecular weight excluding hydrogens is 522 g/mol. The van der Waals surface area contributed by atoms with E-state index in [4.69, 9.17) is 11.6 Å². The smallest absolute Gasteiger partial charge is 0.243 e. The molecule has 1 N–H and O–H groups in total. The molecule has 2 amide bonds. The van der Waals surface area contributed by atoms with E-state index in [1.54, 1.807) is 0 Å². The van der Waals surface area contributed by atoms with Crippen molar-refractivity contribution in [2.45, 2.75) is 50.2 Å². The van der Waals surface area contributed by atoms with Crippen molar-refractivity contribution in [2.75, 3.05) is 13.6 Å². The summed E-state index contributed by atoms with van der Waals surface area (Å²) in [6.07, 6.45) is 0.273. The Labute approximate surface area is 230 Å². The van der Waals surface area contributed by atoms with Crippen molar-refractivity contribution in [3.63, 3.8) is 0 Å². The van der Waals surface area contributed by atoms with Crippen LogP contribution in [0.1, 0.15) is 31.9 Å². The minimum Gasteiger partial charge on any atom is -0.350 e. The van der Waals surface area contributed by atoms with Gasteiger partial charge in [-0.25, -0.2) is 8.42 Å². The van der Waals surface area contributed by atoms with E-state index in [1.807, 2.05) is 81.4 Å². The van der Waals surface area contributed by atoms with Gasteiger partial charge in [-0.15, -0.1) is 0 Å². The molecule has 0 radical (unpaired) electrons. The molecule has 0 unspecified atom stereocenters. The molecule has 3 rings (SSSR count). The summed E-state index contributed by atoms with van der Waals surface area (Å²) >= 11 is 5.91. The van der Waals surface area contributed by atoms with E-state index >= 15 is 0 Å². The molecule has 0 spiro atoms. The molecule has 0 heterocycles. The summed E-state index contributed by atoms with van der Waals surface area (Å²) in [5, 5.41) is 3.41. The number of likely N-dealkylation sites (N-methyl/N-ethyl adjacent to an activating group) is 1. The molecule has 202 valence electrons. The van der Waals surface area contributed by atoms with Gasteiger partial charge in [0.05, 0.1) is 11.4 Å². The van der Waals surface area contributed by atoms with Crippen LogP contribution in [0, 0.1) is 0 Å². The van der Waals surface area contributed by atoms with Crippen molar-refractivity contribution in [1.29, 1.82) is 0 Å². The third kappa shape index (κ3) is 8.15. The van der Waals surface area contributed by atoms with E-state index in [0.717, 1.165) is 15.4 Å². The fourth-order valence-corrected chi connectivity index (χ4v) is 5.19. The van der Waals surface area contributed by atoms with Crippen molar-refractivity contribution in [2.24, 2.45) is 0 Å². The van der Waals surface area contributed by atoms with Crippen molar-refractivity contribution in [3.8, 4) is 0 Å². The summed E-state index contributed by atoms with van der Waals surface area (Å²) in [7, 11) is -2.61. The van der Waals surface area contributed by atoms with Crippen LogP contribution in [-0.2, 0) is 32.6 Å². The normalized spacial score (nSPS) is 12.7. The van der Waals surface area contributed by atoms with Crippen molar-refractivity contribution in [1.82, 2.24) is 14.5 Å². The number of nitrogens with zero attached hydrogens (tertiary/aromatic N) is 2. The first-order valence-electron chi connectivity index (χ1n) is 12.3. The zero-order valence-corrected chi connectivity index (χ0v) is 23.7. The van der Waals surface area contributed by atoms with E-state index in [1.165, 1.54) is 36.2 Å². The largest absolute Gasteiger partial charge is 0.350 e. The molecule has 9 heteroatoms. The summed E-state index contributed by atoms with van der Waals surface area (Å²) in [4.78, 5) is 28.9. The van der Waals surface area contributed by atoms with Gasteiger partial charge in [-0.2, -0.15) is 4.31 Å². The number of halogens is 1. The van der Waals surface area contributed by atoms with Gasteiger partial charge in [0.1, 0.15) is 6.04 Å². The van der Waals surface area contributed by atoms with Gasteiger partial charge in [0.2, 0.25) is 21.8 Å². The molecule has 0 fully saturated rings. The minimum atomic E-state index is -3.96. The maximum atomic E-state index is 13.8. The van der Waals surface area contributed by atoms with Crippen LogP contribution >= 0.6 is 11.6 Å². The highest BCUT2D eigenvalue weighted by molar-refractivity contribution is 7.89. The predicted octanol–water partition coefficient (Wildman–Crippen LogP) is 4.52. The lowest BCUT2D eigenvalue weighted by molar-refractivity contribution is -0.141. The third-order valence-electron chi connectivity index (χ3n) is 5.84. The lowest BCUT2D eigenvalue weighted by Crippen LogP contribution is -2.56. The third-order valence-corrected chi connectivity index (χ3v) is 7.91. The zero-order valence-electron chi connectivity index (χ0n) is 22.1. The lowest BCUT2D eigenvalue weighted by Gasteiger charge is -2.34.